The minimum Gasteiger partial charge on any atom is -0.480 e. The van der Waals surface area contributed by atoms with Gasteiger partial charge in [-0.05, 0) is 30.4 Å². The van der Waals surface area contributed by atoms with Crippen molar-refractivity contribution in [3.05, 3.63) is 71.8 Å². The predicted octanol–water partition coefficient (Wildman–Crippen LogP) is 0.388. The van der Waals surface area contributed by atoms with E-state index < -0.39 is 85.5 Å². The summed E-state index contributed by atoms with van der Waals surface area (Å²) in [6.45, 7) is -1.99. The molecule has 16 heteroatoms. The predicted molar refractivity (Wildman–Crippen MR) is 171 cm³/mol. The van der Waals surface area contributed by atoms with Crippen molar-refractivity contribution < 1.29 is 58.8 Å². The molecule has 6 N–H and O–H groups in total. The summed E-state index contributed by atoms with van der Waals surface area (Å²) in [6.07, 6.45) is -1.77. The molecule has 0 aliphatic carbocycles. The van der Waals surface area contributed by atoms with E-state index in [1.165, 1.54) is 0 Å². The van der Waals surface area contributed by atoms with Crippen LogP contribution in [-0.4, -0.2) is 116 Å². The van der Waals surface area contributed by atoms with Gasteiger partial charge in [0.05, 0.1) is 12.8 Å². The van der Waals surface area contributed by atoms with Gasteiger partial charge in [0.15, 0.2) is 0 Å². The Morgan fingerprint density at radius 2 is 0.898 bits per heavy atom. The first-order chi connectivity index (χ1) is 23.2. The van der Waals surface area contributed by atoms with Gasteiger partial charge in [0.2, 0.25) is 23.6 Å². The van der Waals surface area contributed by atoms with Crippen LogP contribution in [0.15, 0.2) is 60.7 Å². The summed E-state index contributed by atoms with van der Waals surface area (Å²) in [7, 11) is 0. The maximum absolute atomic E-state index is 12.9. The molecule has 0 aromatic heterocycles. The molecule has 2 unspecified atom stereocenters. The smallest absolute Gasteiger partial charge is 0.326 e. The van der Waals surface area contributed by atoms with E-state index in [1.807, 2.05) is 0 Å². The fourth-order valence-corrected chi connectivity index (χ4v) is 4.78. The lowest BCUT2D eigenvalue weighted by Gasteiger charge is -2.25. The van der Waals surface area contributed by atoms with Crippen molar-refractivity contribution in [3.63, 3.8) is 0 Å². The number of hydrogen-bond donors (Lipinski definition) is 6. The number of rotatable bonds is 22. The van der Waals surface area contributed by atoms with Gasteiger partial charge in [-0.25, -0.2) is 9.59 Å². The van der Waals surface area contributed by atoms with Gasteiger partial charge in [0.1, 0.15) is 25.2 Å². The van der Waals surface area contributed by atoms with Crippen molar-refractivity contribution in [1.29, 1.82) is 0 Å². The second kappa shape index (κ2) is 20.4. The van der Waals surface area contributed by atoms with Crippen molar-refractivity contribution in [2.75, 3.05) is 26.2 Å². The number of amides is 4. The van der Waals surface area contributed by atoms with Gasteiger partial charge in [-0.3, -0.25) is 28.8 Å². The van der Waals surface area contributed by atoms with E-state index in [0.29, 0.717) is 11.1 Å². The van der Waals surface area contributed by atoms with Crippen LogP contribution < -0.4 is 10.6 Å². The van der Waals surface area contributed by atoms with Crippen LogP contribution in [0.1, 0.15) is 43.2 Å². The van der Waals surface area contributed by atoms with E-state index in [9.17, 15) is 58.8 Å². The maximum atomic E-state index is 12.9. The van der Waals surface area contributed by atoms with Gasteiger partial charge >= 0.3 is 23.9 Å². The number of nitrogens with one attached hydrogen (secondary N) is 2. The molecule has 0 bridgehead atoms. The van der Waals surface area contributed by atoms with Crippen LogP contribution in [0, 0.1) is 0 Å². The Morgan fingerprint density at radius 3 is 1.20 bits per heavy atom. The number of carboxylic acids is 4. The Labute approximate surface area is 281 Å². The fourth-order valence-electron chi connectivity index (χ4n) is 4.78. The molecule has 4 amide bonds. The van der Waals surface area contributed by atoms with Crippen LogP contribution in [0.4, 0.5) is 0 Å². The number of carbonyl (C=O) groups excluding carboxylic acids is 4. The Bertz CT molecular complexity index is 1360. The van der Waals surface area contributed by atoms with Gasteiger partial charge < -0.3 is 40.9 Å². The van der Waals surface area contributed by atoms with Crippen LogP contribution >= 0.6 is 0 Å². The van der Waals surface area contributed by atoms with Crippen molar-refractivity contribution in [3.8, 4) is 0 Å². The average molecular weight is 685 g/mol. The fraction of sp³-hybridized carbons (Fsp3) is 0.394. The highest BCUT2D eigenvalue weighted by atomic mass is 16.4. The number of hydrogen-bond acceptors (Lipinski definition) is 8. The zero-order valence-electron chi connectivity index (χ0n) is 26.7. The third-order valence-electron chi connectivity index (χ3n) is 7.19. The van der Waals surface area contributed by atoms with Crippen LogP contribution in [0.2, 0.25) is 0 Å². The zero-order chi connectivity index (χ0) is 36.3. The molecule has 0 aliphatic rings. The third kappa shape index (κ3) is 15.6. The van der Waals surface area contributed by atoms with Crippen LogP contribution in [0.25, 0.3) is 0 Å². The standard InChI is InChI=1S/C33H40N4O12/c38-26(18-22-8-3-1-4-9-22)34-24(32(46)47)12-14-28(40)36(20-30(42)43)16-7-17-37(21-31(44)45)29(41)15-13-25(33(48)49)35-27(39)19-23-10-5-2-6-11-23/h1-6,8-11,24-25H,7,12-21H2,(H,34,38)(H,35,39)(H,42,43)(H,44,45)(H,46,47)(H,48,49). The lowest BCUT2D eigenvalue weighted by Crippen LogP contribution is -2.44. The first kappa shape index (κ1) is 39.4. The largest absolute Gasteiger partial charge is 0.480 e. The second-order valence-electron chi connectivity index (χ2n) is 11.1. The molecule has 0 saturated carbocycles. The monoisotopic (exact) mass is 684 g/mol. The molecule has 2 rings (SSSR count). The zero-order valence-corrected chi connectivity index (χ0v) is 26.7. The molecular weight excluding hydrogens is 644 g/mol. The Morgan fingerprint density at radius 1 is 0.551 bits per heavy atom. The number of aliphatic carboxylic acids is 4. The van der Waals surface area contributed by atoms with E-state index in [0.717, 1.165) is 9.80 Å². The van der Waals surface area contributed by atoms with E-state index in [4.69, 9.17) is 0 Å². The molecule has 2 atom stereocenters. The van der Waals surface area contributed by atoms with Gasteiger partial charge in [-0.15, -0.1) is 0 Å². The Hall–Kier alpha value is -5.80. The molecule has 0 spiro atoms. The van der Waals surface area contributed by atoms with E-state index in [2.05, 4.69) is 10.6 Å². The number of benzene rings is 2. The normalized spacial score (nSPS) is 11.8. The SMILES string of the molecule is O=C(O)CN(CCCN(CC(=O)O)C(=O)CCC(NC(=O)Cc1ccccc1)C(=O)O)C(=O)CCC(NC(=O)Cc1ccccc1)C(=O)O. The molecule has 0 radical (unpaired) electrons. The number of nitrogens with zero attached hydrogens (tertiary/aromatic N) is 2. The minimum absolute atomic E-state index is 0.0651. The summed E-state index contributed by atoms with van der Waals surface area (Å²) in [5.74, 6) is -8.15. The van der Waals surface area contributed by atoms with Gasteiger partial charge in [0.25, 0.3) is 0 Å². The quantitative estimate of drug-likeness (QED) is 0.0986. The first-order valence-electron chi connectivity index (χ1n) is 15.4. The molecule has 0 saturated heterocycles. The van der Waals surface area contributed by atoms with Crippen molar-refractivity contribution in [1.82, 2.24) is 20.4 Å². The van der Waals surface area contributed by atoms with E-state index >= 15 is 0 Å². The minimum atomic E-state index is -1.42. The summed E-state index contributed by atoms with van der Waals surface area (Å²) in [5, 5.41) is 42.4. The Balaban J connectivity index is 1.95. The topological polar surface area (TPSA) is 248 Å². The summed E-state index contributed by atoms with van der Waals surface area (Å²) >= 11 is 0. The maximum Gasteiger partial charge on any atom is 0.326 e. The molecule has 49 heavy (non-hydrogen) atoms. The average Bonchev–Trinajstić information content (AvgIpc) is 3.03. The summed E-state index contributed by atoms with van der Waals surface area (Å²) in [5.41, 5.74) is 1.30. The molecule has 0 heterocycles. The highest BCUT2D eigenvalue weighted by Crippen LogP contribution is 2.09. The molecule has 2 aromatic rings. The van der Waals surface area contributed by atoms with Crippen LogP contribution in [0.3, 0.4) is 0 Å². The summed E-state index contributed by atoms with van der Waals surface area (Å²) in [4.78, 5) is 98.7. The molecular formula is C33H40N4O12. The summed E-state index contributed by atoms with van der Waals surface area (Å²) < 4.78 is 0. The highest BCUT2D eigenvalue weighted by Gasteiger charge is 2.26. The lowest BCUT2D eigenvalue weighted by molar-refractivity contribution is -0.146. The van der Waals surface area contributed by atoms with Crippen LogP contribution in [0.5, 0.6) is 0 Å². The third-order valence-corrected chi connectivity index (χ3v) is 7.19. The first-order valence-corrected chi connectivity index (χ1v) is 15.4. The van der Waals surface area contributed by atoms with Crippen molar-refractivity contribution >= 4 is 47.5 Å². The molecule has 264 valence electrons. The number of carboxylic acid groups (broad SMARTS) is 4. The molecule has 2 aromatic carbocycles. The molecule has 0 aliphatic heterocycles. The summed E-state index contributed by atoms with van der Waals surface area (Å²) in [6, 6.07) is 14.3. The van der Waals surface area contributed by atoms with Gasteiger partial charge in [-0.1, -0.05) is 60.7 Å². The van der Waals surface area contributed by atoms with Crippen LogP contribution in [-0.2, 0) is 51.2 Å². The van der Waals surface area contributed by atoms with Gasteiger partial charge in [-0.2, -0.15) is 0 Å². The van der Waals surface area contributed by atoms with E-state index in [1.54, 1.807) is 60.7 Å². The van der Waals surface area contributed by atoms with Gasteiger partial charge in [0, 0.05) is 25.9 Å². The van der Waals surface area contributed by atoms with E-state index in [-0.39, 0.29) is 45.2 Å². The van der Waals surface area contributed by atoms with Crippen molar-refractivity contribution in [2.24, 2.45) is 0 Å². The number of carbonyl (C=O) groups is 8. The van der Waals surface area contributed by atoms with Crippen molar-refractivity contribution in [2.45, 2.75) is 57.0 Å². The molecule has 16 nitrogen and oxygen atoms in total. The lowest BCUT2D eigenvalue weighted by atomic mass is 10.1. The molecule has 0 fully saturated rings. The second-order valence-corrected chi connectivity index (χ2v) is 11.1. The highest BCUT2D eigenvalue weighted by molar-refractivity contribution is 5.87. The Kier molecular flexibility index (Phi) is 16.4.